The fourth-order valence-electron chi connectivity index (χ4n) is 3.03. The van der Waals surface area contributed by atoms with Gasteiger partial charge in [-0.2, -0.15) is 0 Å². The van der Waals surface area contributed by atoms with Crippen molar-refractivity contribution in [1.82, 2.24) is 10.3 Å². The second-order valence-electron chi connectivity index (χ2n) is 6.38. The zero-order valence-electron chi connectivity index (χ0n) is 14.8. The van der Waals surface area contributed by atoms with Crippen molar-refractivity contribution in [3.63, 3.8) is 0 Å². The van der Waals surface area contributed by atoms with Crippen molar-refractivity contribution in [2.45, 2.75) is 12.1 Å². The number of alkyl carbamates (subject to hydrolysis) is 1. The predicted molar refractivity (Wildman–Crippen MR) is 103 cm³/mol. The van der Waals surface area contributed by atoms with Gasteiger partial charge in [0.15, 0.2) is 6.10 Å². The molecule has 0 unspecified atom stereocenters. The van der Waals surface area contributed by atoms with Crippen molar-refractivity contribution in [3.05, 3.63) is 99.8 Å². The minimum absolute atomic E-state index is 0.0500. The lowest BCUT2D eigenvalue weighted by atomic mass is 9.96. The van der Waals surface area contributed by atoms with Crippen LogP contribution in [0.3, 0.4) is 0 Å². The first kappa shape index (κ1) is 18.9. The molecular formula is C22H13ClF2N2O2. The van der Waals surface area contributed by atoms with Gasteiger partial charge < -0.3 is 10.1 Å². The molecule has 4 rings (SSSR count). The van der Waals surface area contributed by atoms with E-state index in [1.54, 1.807) is 36.5 Å². The van der Waals surface area contributed by atoms with Gasteiger partial charge in [0.1, 0.15) is 17.7 Å². The monoisotopic (exact) mass is 410 g/mol. The number of hydrogen-bond acceptors (Lipinski definition) is 3. The average Bonchev–Trinajstić information content (AvgIpc) is 3.11. The van der Waals surface area contributed by atoms with E-state index in [0.29, 0.717) is 16.1 Å². The summed E-state index contributed by atoms with van der Waals surface area (Å²) in [6.45, 7) is 0. The summed E-state index contributed by atoms with van der Waals surface area (Å²) < 4.78 is 33.0. The number of carbonyl (C=O) groups is 1. The van der Waals surface area contributed by atoms with Crippen molar-refractivity contribution < 1.29 is 18.3 Å². The molecule has 0 radical (unpaired) electrons. The molecule has 144 valence electrons. The van der Waals surface area contributed by atoms with Crippen LogP contribution >= 0.6 is 11.6 Å². The Bertz CT molecular complexity index is 1140. The topological polar surface area (TPSA) is 51.2 Å². The van der Waals surface area contributed by atoms with Crippen molar-refractivity contribution >= 4 is 17.7 Å². The van der Waals surface area contributed by atoms with Gasteiger partial charge in [-0.15, -0.1) is 0 Å². The normalized spacial score (nSPS) is 17.8. The first-order valence-corrected chi connectivity index (χ1v) is 9.02. The highest BCUT2D eigenvalue weighted by atomic mass is 35.5. The maximum Gasteiger partial charge on any atom is 0.408 e. The molecular weight excluding hydrogens is 398 g/mol. The van der Waals surface area contributed by atoms with Crippen molar-refractivity contribution in [1.29, 1.82) is 0 Å². The van der Waals surface area contributed by atoms with Gasteiger partial charge in [-0.25, -0.2) is 13.6 Å². The van der Waals surface area contributed by atoms with Gasteiger partial charge in [-0.3, -0.25) is 4.98 Å². The van der Waals surface area contributed by atoms with Gasteiger partial charge in [-0.1, -0.05) is 23.4 Å². The molecule has 1 saturated heterocycles. The fourth-order valence-corrected chi connectivity index (χ4v) is 3.15. The third kappa shape index (κ3) is 4.20. The van der Waals surface area contributed by atoms with Crippen LogP contribution in [0.25, 0.3) is 0 Å². The van der Waals surface area contributed by atoms with E-state index < -0.39 is 29.9 Å². The van der Waals surface area contributed by atoms with Gasteiger partial charge in [-0.05, 0) is 54.1 Å². The number of ether oxygens (including phenoxy) is 1. The largest absolute Gasteiger partial charge is 0.439 e. The molecule has 0 spiro atoms. The molecule has 0 saturated carbocycles. The second kappa shape index (κ2) is 7.90. The Balaban J connectivity index is 1.65. The molecule has 29 heavy (non-hydrogen) atoms. The van der Waals surface area contributed by atoms with Crippen molar-refractivity contribution in [2.24, 2.45) is 0 Å². The van der Waals surface area contributed by atoms with Crippen LogP contribution in [-0.4, -0.2) is 11.1 Å². The van der Waals surface area contributed by atoms with E-state index in [0.717, 1.165) is 23.8 Å². The number of hydrogen-bond donors (Lipinski definition) is 1. The number of halogens is 3. The number of nitrogens with one attached hydrogen (secondary N) is 1. The lowest BCUT2D eigenvalue weighted by Gasteiger charge is -2.18. The average molecular weight is 411 g/mol. The van der Waals surface area contributed by atoms with Crippen LogP contribution in [0.1, 0.15) is 34.4 Å². The summed E-state index contributed by atoms with van der Waals surface area (Å²) in [6, 6.07) is 11.1. The molecule has 3 aromatic rings. The molecule has 1 aromatic heterocycles. The molecule has 1 aliphatic heterocycles. The van der Waals surface area contributed by atoms with E-state index in [4.69, 9.17) is 16.3 Å². The first-order chi connectivity index (χ1) is 14.0. The molecule has 1 fully saturated rings. The minimum atomic E-state index is -1.03. The Kier molecular flexibility index (Phi) is 5.15. The number of amides is 1. The van der Waals surface area contributed by atoms with E-state index in [-0.39, 0.29) is 5.56 Å². The smallest absolute Gasteiger partial charge is 0.408 e. The molecule has 0 bridgehead atoms. The number of benzene rings is 2. The van der Waals surface area contributed by atoms with Crippen LogP contribution in [-0.2, 0) is 4.74 Å². The molecule has 4 nitrogen and oxygen atoms in total. The summed E-state index contributed by atoms with van der Waals surface area (Å²) >= 11 is 5.86. The van der Waals surface area contributed by atoms with Crippen LogP contribution in [0.4, 0.5) is 13.6 Å². The van der Waals surface area contributed by atoms with Crippen LogP contribution in [0.2, 0.25) is 5.02 Å². The van der Waals surface area contributed by atoms with Crippen LogP contribution < -0.4 is 5.32 Å². The predicted octanol–water partition coefficient (Wildman–Crippen LogP) is 4.94. The standard InChI is InChI=1S/C22H13ClF2N2O2/c23-16-5-3-13(4-6-16)1-2-14-9-15(12-26-11-14)20-21(29-22(28)27-20)18-10-17(24)7-8-19(18)25/h3-12,20-21H,(H,27,28)/t20-,21-/m1/s1. The summed E-state index contributed by atoms with van der Waals surface area (Å²) in [4.78, 5) is 16.0. The first-order valence-electron chi connectivity index (χ1n) is 8.64. The van der Waals surface area contributed by atoms with Gasteiger partial charge in [0.25, 0.3) is 0 Å². The Labute approximate surface area is 170 Å². The van der Waals surface area contributed by atoms with Crippen molar-refractivity contribution in [2.75, 3.05) is 0 Å². The van der Waals surface area contributed by atoms with Crippen LogP contribution in [0, 0.1) is 23.5 Å². The summed E-state index contributed by atoms with van der Waals surface area (Å²) in [7, 11) is 0. The Morgan fingerprint density at radius 2 is 1.76 bits per heavy atom. The Hall–Kier alpha value is -3.43. The molecule has 1 N–H and O–H groups in total. The Morgan fingerprint density at radius 1 is 1.00 bits per heavy atom. The molecule has 0 aliphatic carbocycles. The summed E-state index contributed by atoms with van der Waals surface area (Å²) in [5.41, 5.74) is 1.88. The van der Waals surface area contributed by atoms with Gasteiger partial charge in [0.05, 0.1) is 0 Å². The third-order valence-electron chi connectivity index (χ3n) is 4.39. The molecule has 7 heteroatoms. The van der Waals surface area contributed by atoms with E-state index in [2.05, 4.69) is 22.1 Å². The zero-order valence-corrected chi connectivity index (χ0v) is 15.6. The summed E-state index contributed by atoms with van der Waals surface area (Å²) in [5, 5.41) is 3.24. The molecule has 1 amide bonds. The summed E-state index contributed by atoms with van der Waals surface area (Å²) in [5.74, 6) is 4.70. The van der Waals surface area contributed by atoms with Crippen LogP contribution in [0.15, 0.2) is 60.9 Å². The zero-order chi connectivity index (χ0) is 20.4. The van der Waals surface area contributed by atoms with E-state index >= 15 is 0 Å². The maximum absolute atomic E-state index is 14.2. The van der Waals surface area contributed by atoms with E-state index in [9.17, 15) is 13.6 Å². The van der Waals surface area contributed by atoms with Crippen LogP contribution in [0.5, 0.6) is 0 Å². The van der Waals surface area contributed by atoms with Gasteiger partial charge >= 0.3 is 6.09 Å². The number of cyclic esters (lactones) is 1. The lowest BCUT2D eigenvalue weighted by Crippen LogP contribution is -2.20. The van der Waals surface area contributed by atoms with Gasteiger partial charge in [0, 0.05) is 34.1 Å². The SMILES string of the molecule is O=C1N[C@H](c2cncc(C#Cc3ccc(Cl)cc3)c2)[C@@H](c2cc(F)ccc2F)O1. The number of pyridine rings is 1. The molecule has 2 atom stereocenters. The highest BCUT2D eigenvalue weighted by Gasteiger charge is 2.38. The Morgan fingerprint density at radius 3 is 2.55 bits per heavy atom. The third-order valence-corrected chi connectivity index (χ3v) is 4.64. The lowest BCUT2D eigenvalue weighted by molar-refractivity contribution is 0.130. The fraction of sp³-hybridized carbons (Fsp3) is 0.0909. The summed E-state index contributed by atoms with van der Waals surface area (Å²) in [6.07, 6.45) is 1.35. The highest BCUT2D eigenvalue weighted by Crippen LogP contribution is 2.37. The van der Waals surface area contributed by atoms with Gasteiger partial charge in [0.2, 0.25) is 0 Å². The number of carbonyl (C=O) groups excluding carboxylic acids is 1. The quantitative estimate of drug-likeness (QED) is 0.609. The molecule has 2 aromatic carbocycles. The maximum atomic E-state index is 14.2. The molecule has 2 heterocycles. The van der Waals surface area contributed by atoms with E-state index in [1.807, 2.05) is 0 Å². The second-order valence-corrected chi connectivity index (χ2v) is 6.81. The number of nitrogens with zero attached hydrogens (tertiary/aromatic N) is 1. The van der Waals surface area contributed by atoms with Crippen molar-refractivity contribution in [3.8, 4) is 11.8 Å². The molecule has 1 aliphatic rings. The number of aromatic nitrogens is 1. The highest BCUT2D eigenvalue weighted by molar-refractivity contribution is 6.30. The minimum Gasteiger partial charge on any atom is -0.439 e. The number of rotatable bonds is 2. The van der Waals surface area contributed by atoms with E-state index in [1.165, 1.54) is 6.20 Å².